The lowest BCUT2D eigenvalue weighted by Gasteiger charge is -2.10. The molecular weight excluding hydrogens is 465 g/mol. The van der Waals surface area contributed by atoms with E-state index in [4.69, 9.17) is 28.2 Å². The number of thioether (sulfide) groups is 1. The number of aliphatic imine (C=N–C) groups is 1. The van der Waals surface area contributed by atoms with Crippen molar-refractivity contribution in [2.75, 3.05) is 12.3 Å². The van der Waals surface area contributed by atoms with Crippen molar-refractivity contribution in [3.05, 3.63) is 81.3 Å². The van der Waals surface area contributed by atoms with E-state index in [1.807, 2.05) is 34.7 Å². The number of nitrogens with zero attached hydrogens (tertiary/aromatic N) is 3. The van der Waals surface area contributed by atoms with Gasteiger partial charge in [-0.1, -0.05) is 45.2 Å². The lowest BCUT2D eigenvalue weighted by molar-refractivity contribution is 0.837. The average molecular weight is 483 g/mol. The minimum Gasteiger partial charge on any atom is -0.331 e. The molecule has 3 rings (SSSR count). The van der Waals surface area contributed by atoms with Gasteiger partial charge in [0.2, 0.25) is 0 Å². The smallest absolute Gasteiger partial charge is 0.0949 e. The Balaban J connectivity index is 1.63. The summed E-state index contributed by atoms with van der Waals surface area (Å²) in [7, 11) is 0. The predicted octanol–water partition coefficient (Wildman–Crippen LogP) is 6.62. The maximum absolute atomic E-state index is 6.40. The molecule has 0 fully saturated rings. The summed E-state index contributed by atoms with van der Waals surface area (Å²) in [6.45, 7) is 1.37. The number of hydrogen-bond donors (Lipinski definition) is 0. The Morgan fingerprint density at radius 1 is 1.15 bits per heavy atom. The molecule has 0 aliphatic carbocycles. The van der Waals surface area contributed by atoms with Crippen LogP contribution in [0.5, 0.6) is 0 Å². The molecule has 2 aromatic carbocycles. The number of halogens is 3. The molecule has 140 valence electrons. The molecule has 0 unspecified atom stereocenters. The van der Waals surface area contributed by atoms with Gasteiger partial charge in [-0.15, -0.1) is 11.8 Å². The summed E-state index contributed by atoms with van der Waals surface area (Å²) in [6, 6.07) is 13.9. The Morgan fingerprint density at radius 3 is 2.67 bits per heavy atom. The summed E-state index contributed by atoms with van der Waals surface area (Å²) < 4.78 is 3.08. The fourth-order valence-corrected chi connectivity index (χ4v) is 4.12. The van der Waals surface area contributed by atoms with Gasteiger partial charge in [-0.05, 0) is 48.6 Å². The molecule has 0 atom stereocenters. The summed E-state index contributed by atoms with van der Waals surface area (Å²) in [5.41, 5.74) is 1.85. The largest absolute Gasteiger partial charge is 0.331 e. The van der Waals surface area contributed by atoms with Gasteiger partial charge in [-0.25, -0.2) is 4.98 Å². The van der Waals surface area contributed by atoms with Gasteiger partial charge < -0.3 is 4.57 Å². The fraction of sp³-hybridized carbons (Fsp3) is 0.200. The second-order valence-corrected chi connectivity index (χ2v) is 8.77. The molecule has 0 aliphatic heterocycles. The molecule has 0 spiro atoms. The monoisotopic (exact) mass is 481 g/mol. The molecule has 0 aliphatic rings. The Hall–Kier alpha value is -1.27. The Morgan fingerprint density at radius 2 is 1.96 bits per heavy atom. The molecule has 3 aromatic rings. The first-order valence-electron chi connectivity index (χ1n) is 8.44. The normalized spacial score (nSPS) is 11.7. The van der Waals surface area contributed by atoms with Gasteiger partial charge in [0.1, 0.15) is 0 Å². The van der Waals surface area contributed by atoms with Crippen molar-refractivity contribution in [1.82, 2.24) is 9.55 Å². The Labute approximate surface area is 182 Å². The first kappa shape index (κ1) is 20.5. The summed E-state index contributed by atoms with van der Waals surface area (Å²) in [5, 5.41) is 1.24. The number of rotatable bonds is 8. The van der Waals surface area contributed by atoms with Crippen LogP contribution in [0.25, 0.3) is 0 Å². The van der Waals surface area contributed by atoms with Gasteiger partial charge >= 0.3 is 0 Å². The molecule has 7 heteroatoms. The van der Waals surface area contributed by atoms with Gasteiger partial charge in [0, 0.05) is 38.9 Å². The molecule has 3 nitrogen and oxygen atoms in total. The van der Waals surface area contributed by atoms with Crippen molar-refractivity contribution in [3.63, 3.8) is 0 Å². The third kappa shape index (κ3) is 6.39. The van der Waals surface area contributed by atoms with E-state index in [9.17, 15) is 0 Å². The minimum absolute atomic E-state index is 0.616. The van der Waals surface area contributed by atoms with Crippen LogP contribution >= 0.6 is 50.9 Å². The van der Waals surface area contributed by atoms with Crippen LogP contribution in [0.3, 0.4) is 0 Å². The Kier molecular flexibility index (Phi) is 7.82. The highest BCUT2D eigenvalue weighted by atomic mass is 79.9. The second-order valence-electron chi connectivity index (χ2n) is 5.84. The van der Waals surface area contributed by atoms with Gasteiger partial charge in [-0.2, -0.15) is 0 Å². The van der Waals surface area contributed by atoms with Crippen LogP contribution in [0.4, 0.5) is 0 Å². The van der Waals surface area contributed by atoms with Crippen molar-refractivity contribution in [2.24, 2.45) is 4.99 Å². The highest BCUT2D eigenvalue weighted by Crippen LogP contribution is 2.23. The molecule has 0 saturated heterocycles. The highest BCUT2D eigenvalue weighted by molar-refractivity contribution is 9.10. The zero-order valence-electron chi connectivity index (χ0n) is 14.5. The maximum Gasteiger partial charge on any atom is 0.0949 e. The first-order chi connectivity index (χ1) is 13.1. The molecule has 1 heterocycles. The van der Waals surface area contributed by atoms with E-state index in [0.29, 0.717) is 16.6 Å². The van der Waals surface area contributed by atoms with E-state index in [1.54, 1.807) is 18.6 Å². The Bertz CT molecular complexity index is 896. The highest BCUT2D eigenvalue weighted by Gasteiger charge is 2.10. The third-order valence-electron chi connectivity index (χ3n) is 3.82. The van der Waals surface area contributed by atoms with Crippen molar-refractivity contribution in [2.45, 2.75) is 17.9 Å². The lowest BCUT2D eigenvalue weighted by Crippen LogP contribution is -2.12. The SMILES string of the molecule is Clc1ccc(/C(Cn2ccnc2)=N/CCCSc2ccc(Br)cc2)c(Cl)c1. The van der Waals surface area contributed by atoms with Gasteiger partial charge in [0.15, 0.2) is 0 Å². The number of imidazole rings is 1. The standard InChI is InChI=1S/C20H18BrCl2N3S/c21-15-2-5-17(6-3-15)27-11-1-8-25-20(13-26-10-9-24-14-26)18-7-4-16(22)12-19(18)23/h2-7,9-10,12,14H,1,8,11,13H2/b25-20+. The van der Waals surface area contributed by atoms with Crippen LogP contribution in [0.1, 0.15) is 12.0 Å². The van der Waals surface area contributed by atoms with Crippen LogP contribution in [0, 0.1) is 0 Å². The average Bonchev–Trinajstić information content (AvgIpc) is 3.15. The first-order valence-corrected chi connectivity index (χ1v) is 11.0. The van der Waals surface area contributed by atoms with E-state index < -0.39 is 0 Å². The predicted molar refractivity (Wildman–Crippen MR) is 120 cm³/mol. The number of hydrogen-bond acceptors (Lipinski definition) is 3. The van der Waals surface area contributed by atoms with E-state index >= 15 is 0 Å². The van der Waals surface area contributed by atoms with Crippen LogP contribution in [-0.2, 0) is 6.54 Å². The third-order valence-corrected chi connectivity index (χ3v) is 6.00. The van der Waals surface area contributed by atoms with E-state index in [2.05, 4.69) is 45.2 Å². The van der Waals surface area contributed by atoms with E-state index in [1.165, 1.54) is 4.90 Å². The van der Waals surface area contributed by atoms with Crippen molar-refractivity contribution >= 4 is 56.6 Å². The molecule has 0 radical (unpaired) electrons. The zero-order valence-corrected chi connectivity index (χ0v) is 18.4. The molecule has 0 saturated carbocycles. The van der Waals surface area contributed by atoms with Gasteiger partial charge in [0.05, 0.1) is 23.6 Å². The zero-order chi connectivity index (χ0) is 19.1. The van der Waals surface area contributed by atoms with Crippen molar-refractivity contribution < 1.29 is 0 Å². The molecular formula is C20H18BrCl2N3S. The van der Waals surface area contributed by atoms with Crippen LogP contribution < -0.4 is 0 Å². The molecule has 0 amide bonds. The number of aromatic nitrogens is 2. The summed E-state index contributed by atoms with van der Waals surface area (Å²) in [5.74, 6) is 1.01. The lowest BCUT2D eigenvalue weighted by atomic mass is 10.1. The topological polar surface area (TPSA) is 30.2 Å². The fourth-order valence-electron chi connectivity index (χ4n) is 2.50. The van der Waals surface area contributed by atoms with Crippen molar-refractivity contribution in [1.29, 1.82) is 0 Å². The second kappa shape index (κ2) is 10.3. The number of benzene rings is 2. The van der Waals surface area contributed by atoms with Gasteiger partial charge in [0.25, 0.3) is 0 Å². The molecule has 27 heavy (non-hydrogen) atoms. The van der Waals surface area contributed by atoms with Crippen LogP contribution in [0.15, 0.2) is 75.5 Å². The van der Waals surface area contributed by atoms with Crippen LogP contribution in [-0.4, -0.2) is 27.6 Å². The molecule has 1 aromatic heterocycles. The van der Waals surface area contributed by atoms with E-state index in [-0.39, 0.29) is 0 Å². The van der Waals surface area contributed by atoms with Crippen LogP contribution in [0.2, 0.25) is 10.0 Å². The van der Waals surface area contributed by atoms with E-state index in [0.717, 1.165) is 34.5 Å². The minimum atomic E-state index is 0.616. The molecule has 0 N–H and O–H groups in total. The molecule has 0 bridgehead atoms. The maximum atomic E-state index is 6.40. The van der Waals surface area contributed by atoms with Crippen molar-refractivity contribution in [3.8, 4) is 0 Å². The van der Waals surface area contributed by atoms with Gasteiger partial charge in [-0.3, -0.25) is 4.99 Å². The summed E-state index contributed by atoms with van der Waals surface area (Å²) in [6.07, 6.45) is 6.45. The quantitative estimate of drug-likeness (QED) is 0.205. The summed E-state index contributed by atoms with van der Waals surface area (Å²) in [4.78, 5) is 10.2. The summed E-state index contributed by atoms with van der Waals surface area (Å²) >= 11 is 17.7.